The van der Waals surface area contributed by atoms with E-state index in [2.05, 4.69) is 17.6 Å². The van der Waals surface area contributed by atoms with Gasteiger partial charge in [-0.2, -0.15) is 0 Å². The first-order chi connectivity index (χ1) is 6.35. The van der Waals surface area contributed by atoms with E-state index in [-0.39, 0.29) is 0 Å². The lowest BCUT2D eigenvalue weighted by Gasteiger charge is -2.43. The summed E-state index contributed by atoms with van der Waals surface area (Å²) in [5.41, 5.74) is 0.544. The summed E-state index contributed by atoms with van der Waals surface area (Å²) in [6, 6.07) is 0. The summed E-state index contributed by atoms with van der Waals surface area (Å²) in [7, 11) is 0. The second-order valence-electron chi connectivity index (χ2n) is 4.73. The van der Waals surface area contributed by atoms with Gasteiger partial charge >= 0.3 is 0 Å². The van der Waals surface area contributed by atoms with E-state index >= 15 is 0 Å². The first-order valence-corrected chi connectivity index (χ1v) is 5.80. The summed E-state index contributed by atoms with van der Waals surface area (Å²) >= 11 is 0. The van der Waals surface area contributed by atoms with Crippen molar-refractivity contribution in [3.8, 4) is 0 Å². The molecule has 1 saturated heterocycles. The zero-order valence-corrected chi connectivity index (χ0v) is 8.73. The van der Waals surface area contributed by atoms with Gasteiger partial charge in [-0.05, 0) is 57.7 Å². The molecule has 1 aliphatic heterocycles. The van der Waals surface area contributed by atoms with Gasteiger partial charge in [0.2, 0.25) is 0 Å². The monoisotopic (exact) mass is 182 g/mol. The van der Waals surface area contributed by atoms with Crippen LogP contribution >= 0.6 is 0 Å². The molecule has 2 heteroatoms. The van der Waals surface area contributed by atoms with Crippen LogP contribution in [0.2, 0.25) is 0 Å². The van der Waals surface area contributed by atoms with Crippen LogP contribution in [0.5, 0.6) is 0 Å². The summed E-state index contributed by atoms with van der Waals surface area (Å²) in [6.45, 7) is 6.01. The van der Waals surface area contributed by atoms with Crippen LogP contribution in [0.3, 0.4) is 0 Å². The Kier molecular flexibility index (Phi) is 2.89. The van der Waals surface area contributed by atoms with Crippen LogP contribution < -0.4 is 10.6 Å². The Balaban J connectivity index is 1.71. The molecule has 0 spiro atoms. The van der Waals surface area contributed by atoms with Crippen molar-refractivity contribution >= 4 is 0 Å². The van der Waals surface area contributed by atoms with Crippen LogP contribution in [-0.4, -0.2) is 25.2 Å². The predicted molar refractivity (Wildman–Crippen MR) is 55.9 cm³/mol. The molecule has 1 saturated carbocycles. The van der Waals surface area contributed by atoms with Gasteiger partial charge in [-0.3, -0.25) is 0 Å². The molecule has 1 heterocycles. The van der Waals surface area contributed by atoms with E-state index in [0.29, 0.717) is 5.54 Å². The van der Waals surface area contributed by atoms with Crippen molar-refractivity contribution in [2.24, 2.45) is 5.92 Å². The molecule has 0 aromatic rings. The molecule has 0 aromatic heterocycles. The molecule has 2 nitrogen and oxygen atoms in total. The van der Waals surface area contributed by atoms with Crippen molar-refractivity contribution in [1.82, 2.24) is 10.6 Å². The number of hydrogen-bond donors (Lipinski definition) is 2. The van der Waals surface area contributed by atoms with Crippen molar-refractivity contribution in [2.45, 2.75) is 44.6 Å². The highest BCUT2D eigenvalue weighted by Gasteiger charge is 2.34. The molecule has 0 bridgehead atoms. The molecular weight excluding hydrogens is 160 g/mol. The first kappa shape index (κ1) is 9.47. The van der Waals surface area contributed by atoms with Gasteiger partial charge in [-0.25, -0.2) is 0 Å². The summed E-state index contributed by atoms with van der Waals surface area (Å²) < 4.78 is 0. The van der Waals surface area contributed by atoms with Crippen LogP contribution in [0.15, 0.2) is 0 Å². The molecule has 1 aliphatic carbocycles. The Bertz CT molecular complexity index is 152. The van der Waals surface area contributed by atoms with Gasteiger partial charge in [-0.1, -0.05) is 6.92 Å². The van der Waals surface area contributed by atoms with Crippen LogP contribution in [0.4, 0.5) is 0 Å². The molecular formula is C11H22N2. The van der Waals surface area contributed by atoms with E-state index in [9.17, 15) is 0 Å². The molecule has 2 N–H and O–H groups in total. The Hall–Kier alpha value is -0.0800. The van der Waals surface area contributed by atoms with Gasteiger partial charge in [-0.15, -0.1) is 0 Å². The molecule has 0 aromatic carbocycles. The largest absolute Gasteiger partial charge is 0.316 e. The molecule has 13 heavy (non-hydrogen) atoms. The van der Waals surface area contributed by atoms with Crippen molar-refractivity contribution in [1.29, 1.82) is 0 Å². The third kappa shape index (κ3) is 2.05. The molecule has 2 aliphatic rings. The maximum absolute atomic E-state index is 3.78. The second-order valence-corrected chi connectivity index (χ2v) is 4.73. The lowest BCUT2D eigenvalue weighted by molar-refractivity contribution is 0.170. The number of nitrogens with one attached hydrogen (secondary N) is 2. The van der Waals surface area contributed by atoms with Gasteiger partial charge in [0.15, 0.2) is 0 Å². The average Bonchev–Trinajstić information content (AvgIpc) is 2.56. The smallest absolute Gasteiger partial charge is 0.0179 e. The van der Waals surface area contributed by atoms with Gasteiger partial charge in [0.05, 0.1) is 0 Å². The van der Waals surface area contributed by atoms with Crippen molar-refractivity contribution in [2.75, 3.05) is 19.6 Å². The second kappa shape index (κ2) is 3.97. The van der Waals surface area contributed by atoms with Gasteiger partial charge < -0.3 is 10.6 Å². The van der Waals surface area contributed by atoms with E-state index in [1.807, 2.05) is 0 Å². The molecule has 1 unspecified atom stereocenters. The lowest BCUT2D eigenvalue weighted by Crippen LogP contribution is -2.52. The van der Waals surface area contributed by atoms with Gasteiger partial charge in [0, 0.05) is 5.54 Å². The molecule has 2 rings (SSSR count). The standard InChI is InChI=1S/C11H22N2/c1-2-11(5-3-6-11)13-9-10-4-7-12-8-10/h10,12-13H,2-9H2,1H3. The highest BCUT2D eigenvalue weighted by Crippen LogP contribution is 2.34. The predicted octanol–water partition coefficient (Wildman–Crippen LogP) is 1.52. The topological polar surface area (TPSA) is 24.1 Å². The van der Waals surface area contributed by atoms with Crippen LogP contribution in [0, 0.1) is 5.92 Å². The van der Waals surface area contributed by atoms with Gasteiger partial charge in [0.1, 0.15) is 0 Å². The Morgan fingerprint density at radius 2 is 2.31 bits per heavy atom. The lowest BCUT2D eigenvalue weighted by atomic mass is 9.74. The van der Waals surface area contributed by atoms with Crippen LogP contribution in [0.1, 0.15) is 39.0 Å². The maximum atomic E-state index is 3.78. The van der Waals surface area contributed by atoms with E-state index in [1.165, 1.54) is 51.7 Å². The number of rotatable bonds is 4. The Morgan fingerprint density at radius 3 is 2.77 bits per heavy atom. The van der Waals surface area contributed by atoms with Crippen molar-refractivity contribution in [3.63, 3.8) is 0 Å². The third-order valence-electron chi connectivity index (χ3n) is 3.92. The summed E-state index contributed by atoms with van der Waals surface area (Å²) in [4.78, 5) is 0. The fourth-order valence-electron chi connectivity index (χ4n) is 2.51. The maximum Gasteiger partial charge on any atom is 0.0179 e. The fraction of sp³-hybridized carbons (Fsp3) is 1.00. The zero-order chi connectivity index (χ0) is 9.15. The molecule has 2 fully saturated rings. The average molecular weight is 182 g/mol. The highest BCUT2D eigenvalue weighted by molar-refractivity contribution is 4.95. The molecule has 1 atom stereocenters. The van der Waals surface area contributed by atoms with Crippen LogP contribution in [-0.2, 0) is 0 Å². The minimum atomic E-state index is 0.544. The SMILES string of the molecule is CCC1(NCC2CCNC2)CCC1. The summed E-state index contributed by atoms with van der Waals surface area (Å²) in [6.07, 6.45) is 6.93. The minimum Gasteiger partial charge on any atom is -0.316 e. The van der Waals surface area contributed by atoms with Crippen molar-refractivity contribution < 1.29 is 0 Å². The van der Waals surface area contributed by atoms with Gasteiger partial charge in [0.25, 0.3) is 0 Å². The molecule has 76 valence electrons. The summed E-state index contributed by atoms with van der Waals surface area (Å²) in [5.74, 6) is 0.893. The zero-order valence-electron chi connectivity index (χ0n) is 8.73. The number of hydrogen-bond acceptors (Lipinski definition) is 2. The Morgan fingerprint density at radius 1 is 1.46 bits per heavy atom. The molecule has 0 radical (unpaired) electrons. The van der Waals surface area contributed by atoms with Crippen LogP contribution in [0.25, 0.3) is 0 Å². The fourth-order valence-corrected chi connectivity index (χ4v) is 2.51. The molecule has 0 amide bonds. The third-order valence-corrected chi connectivity index (χ3v) is 3.92. The van der Waals surface area contributed by atoms with E-state index in [4.69, 9.17) is 0 Å². The summed E-state index contributed by atoms with van der Waals surface area (Å²) in [5, 5.41) is 7.21. The normalized spacial score (nSPS) is 31.6. The highest BCUT2D eigenvalue weighted by atomic mass is 15.0. The van der Waals surface area contributed by atoms with E-state index in [1.54, 1.807) is 0 Å². The van der Waals surface area contributed by atoms with E-state index < -0.39 is 0 Å². The van der Waals surface area contributed by atoms with Crippen molar-refractivity contribution in [3.05, 3.63) is 0 Å². The quantitative estimate of drug-likeness (QED) is 0.689. The Labute approximate surface area is 81.5 Å². The first-order valence-electron chi connectivity index (χ1n) is 5.80. The minimum absolute atomic E-state index is 0.544. The van der Waals surface area contributed by atoms with E-state index in [0.717, 1.165) is 5.92 Å².